The molecule has 10 heteroatoms. The van der Waals surface area contributed by atoms with Crippen molar-refractivity contribution in [2.75, 3.05) is 0 Å². The molecule has 0 unspecified atom stereocenters. The highest BCUT2D eigenvalue weighted by Gasteiger charge is 2.24. The molecule has 0 atom stereocenters. The van der Waals surface area contributed by atoms with Crippen molar-refractivity contribution in [3.8, 4) is 5.88 Å². The van der Waals surface area contributed by atoms with Gasteiger partial charge in [-0.25, -0.2) is 9.20 Å². The molecule has 0 aliphatic heterocycles. The van der Waals surface area contributed by atoms with Crippen LogP contribution in [0.2, 0.25) is 5.02 Å². The van der Waals surface area contributed by atoms with E-state index in [9.17, 15) is 19.5 Å². The number of rotatable bonds is 7. The van der Waals surface area contributed by atoms with Gasteiger partial charge in [0, 0.05) is 18.1 Å². The zero-order chi connectivity index (χ0) is 23.9. The molecule has 9 nitrogen and oxygen atoms in total. The van der Waals surface area contributed by atoms with E-state index in [-0.39, 0.29) is 48.0 Å². The third-order valence-corrected chi connectivity index (χ3v) is 6.15. The minimum atomic E-state index is -0.572. The van der Waals surface area contributed by atoms with Gasteiger partial charge < -0.3 is 5.11 Å². The second kappa shape index (κ2) is 8.90. The number of nitrogens with zero attached hydrogens (tertiary/aromatic N) is 5. The molecular formula is C23H26ClN5O4. The fourth-order valence-corrected chi connectivity index (χ4v) is 4.27. The zero-order valence-electron chi connectivity index (χ0n) is 18.8. The number of hydrogen-bond donors (Lipinski definition) is 1. The summed E-state index contributed by atoms with van der Waals surface area (Å²) < 4.78 is 5.23. The van der Waals surface area contributed by atoms with E-state index in [2.05, 4.69) is 4.98 Å². The maximum Gasteiger partial charge on any atom is 0.332 e. The van der Waals surface area contributed by atoms with Crippen molar-refractivity contribution in [3.05, 3.63) is 71.6 Å². The lowest BCUT2D eigenvalue weighted by atomic mass is 10.1. The summed E-state index contributed by atoms with van der Waals surface area (Å²) in [6, 6.07) is 7.11. The van der Waals surface area contributed by atoms with Crippen molar-refractivity contribution in [1.29, 1.82) is 0 Å². The predicted octanol–water partition coefficient (Wildman–Crippen LogP) is 2.76. The summed E-state index contributed by atoms with van der Waals surface area (Å²) in [6.45, 7) is 6.12. The molecule has 1 N–H and O–H groups in total. The summed E-state index contributed by atoms with van der Waals surface area (Å²) in [4.78, 5) is 44.1. The number of aryl methyl sites for hydroxylation is 1. The molecule has 0 fully saturated rings. The van der Waals surface area contributed by atoms with Gasteiger partial charge in [-0.05, 0) is 44.4 Å². The molecule has 3 aromatic heterocycles. The van der Waals surface area contributed by atoms with Crippen molar-refractivity contribution in [2.24, 2.45) is 0 Å². The average molecular weight is 472 g/mol. The molecule has 3 heterocycles. The third-order valence-electron chi connectivity index (χ3n) is 5.90. The average Bonchev–Trinajstić information content (AvgIpc) is 3.19. The lowest BCUT2D eigenvalue weighted by Crippen LogP contribution is -2.40. The molecule has 0 spiro atoms. The second-order valence-electron chi connectivity index (χ2n) is 7.92. The lowest BCUT2D eigenvalue weighted by Gasteiger charge is -2.15. The van der Waals surface area contributed by atoms with Crippen LogP contribution in [-0.2, 0) is 26.1 Å². The standard InChI is InChI=1S/C23H26ClN5O4/c1-4-7-8-16-19(30)28(13-14-9-11-15(24)12-10-14)22-25-18-17(29(22)20(16)31)21(32)27(6-3)23(33)26(18)5-2/h9-12,30H,4-8,13H2,1-3H3. The molecule has 1 aromatic carbocycles. The molecule has 174 valence electrons. The third kappa shape index (κ3) is 3.66. The maximum absolute atomic E-state index is 13.5. The monoisotopic (exact) mass is 471 g/mol. The zero-order valence-corrected chi connectivity index (χ0v) is 19.6. The van der Waals surface area contributed by atoms with Gasteiger partial charge in [-0.1, -0.05) is 37.1 Å². The quantitative estimate of drug-likeness (QED) is 0.446. The number of imidazole rings is 1. The summed E-state index contributed by atoms with van der Waals surface area (Å²) in [5, 5.41) is 11.7. The lowest BCUT2D eigenvalue weighted by molar-refractivity contribution is 0.410. The van der Waals surface area contributed by atoms with Crippen molar-refractivity contribution >= 4 is 28.5 Å². The summed E-state index contributed by atoms with van der Waals surface area (Å²) in [5.41, 5.74) is -0.328. The Morgan fingerprint density at radius 1 is 0.939 bits per heavy atom. The number of fused-ring (bicyclic) bond motifs is 3. The highest BCUT2D eigenvalue weighted by Crippen LogP contribution is 2.23. The van der Waals surface area contributed by atoms with Gasteiger partial charge in [0.2, 0.25) is 11.7 Å². The molecule has 0 saturated carbocycles. The minimum absolute atomic E-state index is 0.0425. The van der Waals surface area contributed by atoms with Gasteiger partial charge in [0.05, 0.1) is 12.1 Å². The van der Waals surface area contributed by atoms with Gasteiger partial charge in [0.15, 0.2) is 11.2 Å². The maximum atomic E-state index is 13.5. The normalized spacial score (nSPS) is 11.6. The fraction of sp³-hybridized carbons (Fsp3) is 0.391. The van der Waals surface area contributed by atoms with Crippen LogP contribution in [0.5, 0.6) is 5.88 Å². The van der Waals surface area contributed by atoms with E-state index in [0.29, 0.717) is 17.9 Å². The first kappa shape index (κ1) is 22.8. The van der Waals surface area contributed by atoms with E-state index >= 15 is 0 Å². The first-order valence-corrected chi connectivity index (χ1v) is 11.5. The van der Waals surface area contributed by atoms with E-state index in [4.69, 9.17) is 11.6 Å². The first-order valence-electron chi connectivity index (χ1n) is 11.1. The van der Waals surface area contributed by atoms with Crippen LogP contribution in [0.25, 0.3) is 16.9 Å². The molecule has 4 aromatic rings. The largest absolute Gasteiger partial charge is 0.494 e. The molecule has 33 heavy (non-hydrogen) atoms. The summed E-state index contributed by atoms with van der Waals surface area (Å²) in [7, 11) is 0. The molecule has 4 rings (SSSR count). The predicted molar refractivity (Wildman–Crippen MR) is 128 cm³/mol. The summed E-state index contributed by atoms with van der Waals surface area (Å²) >= 11 is 6.01. The molecule has 0 aliphatic carbocycles. The van der Waals surface area contributed by atoms with Crippen molar-refractivity contribution in [3.63, 3.8) is 0 Å². The molecule has 0 aliphatic rings. The molecule has 0 radical (unpaired) electrons. The van der Waals surface area contributed by atoms with Gasteiger partial charge in [0.1, 0.15) is 0 Å². The van der Waals surface area contributed by atoms with Gasteiger partial charge in [-0.2, -0.15) is 4.98 Å². The Bertz CT molecular complexity index is 1530. The Labute approximate surface area is 194 Å². The van der Waals surface area contributed by atoms with Crippen LogP contribution in [0.3, 0.4) is 0 Å². The Balaban J connectivity index is 2.17. The van der Waals surface area contributed by atoms with E-state index in [0.717, 1.165) is 16.6 Å². The Hall–Kier alpha value is -3.33. The SMILES string of the molecule is CCCCc1c(O)n(Cc2ccc(Cl)cc2)c2nc3c(c(=O)n(CC)c(=O)n3CC)n2c1=O. The van der Waals surface area contributed by atoms with Crippen LogP contribution >= 0.6 is 11.6 Å². The highest BCUT2D eigenvalue weighted by atomic mass is 35.5. The van der Waals surface area contributed by atoms with Gasteiger partial charge in [0.25, 0.3) is 11.1 Å². The van der Waals surface area contributed by atoms with Crippen LogP contribution in [0.15, 0.2) is 38.6 Å². The number of hydrogen-bond acceptors (Lipinski definition) is 5. The van der Waals surface area contributed by atoms with Crippen LogP contribution in [0.1, 0.15) is 44.7 Å². The molecule has 0 saturated heterocycles. The number of unbranched alkanes of at least 4 members (excludes halogenated alkanes) is 1. The molecule has 0 bridgehead atoms. The van der Waals surface area contributed by atoms with Gasteiger partial charge in [-0.3, -0.25) is 23.3 Å². The summed E-state index contributed by atoms with van der Waals surface area (Å²) in [5.74, 6) is -0.0809. The van der Waals surface area contributed by atoms with Crippen molar-refractivity contribution in [2.45, 2.75) is 59.7 Å². The fourth-order valence-electron chi connectivity index (χ4n) is 4.14. The topological polar surface area (TPSA) is 104 Å². The van der Waals surface area contributed by atoms with Crippen molar-refractivity contribution < 1.29 is 5.11 Å². The van der Waals surface area contributed by atoms with Gasteiger partial charge >= 0.3 is 5.69 Å². The van der Waals surface area contributed by atoms with E-state index < -0.39 is 16.8 Å². The van der Waals surface area contributed by atoms with Crippen LogP contribution < -0.4 is 16.8 Å². The first-order chi connectivity index (χ1) is 15.8. The van der Waals surface area contributed by atoms with Crippen LogP contribution in [-0.4, -0.2) is 28.2 Å². The minimum Gasteiger partial charge on any atom is -0.494 e. The number of aromatic hydroxyl groups is 1. The van der Waals surface area contributed by atoms with Crippen molar-refractivity contribution in [1.82, 2.24) is 23.1 Å². The highest BCUT2D eigenvalue weighted by molar-refractivity contribution is 6.30. The number of aromatic nitrogens is 5. The smallest absolute Gasteiger partial charge is 0.332 e. The second-order valence-corrected chi connectivity index (χ2v) is 8.36. The van der Waals surface area contributed by atoms with E-state index in [1.54, 1.807) is 26.0 Å². The number of halogens is 1. The Morgan fingerprint density at radius 2 is 1.61 bits per heavy atom. The Kier molecular flexibility index (Phi) is 6.16. The van der Waals surface area contributed by atoms with E-state index in [1.807, 2.05) is 19.1 Å². The molecule has 0 amide bonds. The van der Waals surface area contributed by atoms with Gasteiger partial charge in [-0.15, -0.1) is 0 Å². The van der Waals surface area contributed by atoms with Crippen LogP contribution in [0.4, 0.5) is 0 Å². The molecular weight excluding hydrogens is 446 g/mol. The number of benzene rings is 1. The summed E-state index contributed by atoms with van der Waals surface area (Å²) in [6.07, 6.45) is 1.88. The van der Waals surface area contributed by atoms with Crippen LogP contribution in [0, 0.1) is 0 Å². The Morgan fingerprint density at radius 3 is 2.21 bits per heavy atom. The van der Waals surface area contributed by atoms with E-state index in [1.165, 1.54) is 13.5 Å².